The van der Waals surface area contributed by atoms with Gasteiger partial charge in [-0.3, -0.25) is 9.78 Å². The van der Waals surface area contributed by atoms with Crippen molar-refractivity contribution in [2.45, 2.75) is 20.8 Å². The zero-order valence-corrected chi connectivity index (χ0v) is 9.16. The first-order valence-corrected chi connectivity index (χ1v) is 4.96. The van der Waals surface area contributed by atoms with E-state index in [9.17, 15) is 4.79 Å². The highest BCUT2D eigenvalue weighted by Gasteiger charge is 2.06. The third-order valence-electron chi connectivity index (χ3n) is 2.66. The summed E-state index contributed by atoms with van der Waals surface area (Å²) < 4.78 is 0. The van der Waals surface area contributed by atoms with Gasteiger partial charge in [0.25, 0.3) is 0 Å². The van der Waals surface area contributed by atoms with Gasteiger partial charge in [-0.2, -0.15) is 0 Å². The van der Waals surface area contributed by atoms with Crippen molar-refractivity contribution >= 4 is 16.7 Å². The van der Waals surface area contributed by atoms with Crippen LogP contribution in [0.5, 0.6) is 0 Å². The van der Waals surface area contributed by atoms with Crippen LogP contribution in [0.15, 0.2) is 24.4 Å². The molecule has 0 aliphatic rings. The van der Waals surface area contributed by atoms with Crippen molar-refractivity contribution in [2.24, 2.45) is 0 Å². The minimum Gasteiger partial charge on any atom is -0.295 e. The van der Waals surface area contributed by atoms with Crippen LogP contribution < -0.4 is 0 Å². The predicted octanol–water partition coefficient (Wildman–Crippen LogP) is 3.05. The molecule has 2 aromatic rings. The topological polar surface area (TPSA) is 30.0 Å². The van der Waals surface area contributed by atoms with Crippen molar-refractivity contribution in [3.8, 4) is 0 Å². The second-order valence-corrected chi connectivity index (χ2v) is 3.87. The van der Waals surface area contributed by atoms with E-state index in [4.69, 9.17) is 0 Å². The van der Waals surface area contributed by atoms with Gasteiger partial charge < -0.3 is 0 Å². The Morgan fingerprint density at radius 3 is 2.60 bits per heavy atom. The third kappa shape index (κ3) is 1.63. The number of rotatable bonds is 1. The fourth-order valence-electron chi connectivity index (χ4n) is 1.77. The van der Waals surface area contributed by atoms with Crippen LogP contribution in [0, 0.1) is 13.8 Å². The van der Waals surface area contributed by atoms with Crippen LogP contribution in [0.3, 0.4) is 0 Å². The minimum atomic E-state index is 0.100. The summed E-state index contributed by atoms with van der Waals surface area (Å²) in [5, 5.41) is 1.07. The molecule has 15 heavy (non-hydrogen) atoms. The first-order valence-electron chi connectivity index (χ1n) is 4.96. The quantitative estimate of drug-likeness (QED) is 0.661. The number of fused-ring (bicyclic) bond motifs is 1. The van der Waals surface area contributed by atoms with Crippen LogP contribution in [-0.4, -0.2) is 10.8 Å². The van der Waals surface area contributed by atoms with Crippen LogP contribution in [0.1, 0.15) is 28.4 Å². The molecule has 0 bridgehead atoms. The van der Waals surface area contributed by atoms with Crippen molar-refractivity contribution in [1.29, 1.82) is 0 Å². The van der Waals surface area contributed by atoms with E-state index >= 15 is 0 Å². The highest BCUT2D eigenvalue weighted by atomic mass is 16.1. The average molecular weight is 199 g/mol. The molecule has 2 nitrogen and oxygen atoms in total. The monoisotopic (exact) mass is 199 g/mol. The maximum Gasteiger partial charge on any atom is 0.159 e. The van der Waals surface area contributed by atoms with Gasteiger partial charge in [0.05, 0.1) is 5.52 Å². The summed E-state index contributed by atoms with van der Waals surface area (Å²) in [4.78, 5) is 15.7. The Kier molecular flexibility index (Phi) is 2.27. The second kappa shape index (κ2) is 3.46. The second-order valence-electron chi connectivity index (χ2n) is 3.87. The summed E-state index contributed by atoms with van der Waals surface area (Å²) >= 11 is 0. The number of Topliss-reactive ketones (excluding diaryl/α,β-unsaturated/α-hetero) is 1. The molecule has 2 rings (SSSR count). The Morgan fingerprint density at radius 2 is 1.93 bits per heavy atom. The summed E-state index contributed by atoms with van der Waals surface area (Å²) in [7, 11) is 0. The fraction of sp³-hybridized carbons (Fsp3) is 0.231. The Morgan fingerprint density at radius 1 is 1.20 bits per heavy atom. The Labute approximate surface area is 89.0 Å². The van der Waals surface area contributed by atoms with Crippen LogP contribution in [-0.2, 0) is 0 Å². The smallest absolute Gasteiger partial charge is 0.159 e. The van der Waals surface area contributed by atoms with Gasteiger partial charge in [0.15, 0.2) is 5.78 Å². The van der Waals surface area contributed by atoms with Crippen LogP contribution in [0.2, 0.25) is 0 Å². The number of benzene rings is 1. The van der Waals surface area contributed by atoms with E-state index in [1.54, 1.807) is 13.1 Å². The van der Waals surface area contributed by atoms with Gasteiger partial charge in [-0.1, -0.05) is 0 Å². The van der Waals surface area contributed by atoms with Gasteiger partial charge in [-0.25, -0.2) is 0 Å². The lowest BCUT2D eigenvalue weighted by atomic mass is 10.0. The van der Waals surface area contributed by atoms with E-state index in [-0.39, 0.29) is 5.78 Å². The number of carbonyl (C=O) groups excluding carboxylic acids is 1. The van der Waals surface area contributed by atoms with Crippen molar-refractivity contribution in [2.75, 3.05) is 0 Å². The standard InChI is InChI=1S/C13H13NO/c1-8-4-5-14-13-9(2)6-11(10(3)15)7-12(8)13/h4-7H,1-3H3. The summed E-state index contributed by atoms with van der Waals surface area (Å²) in [5.74, 6) is 0.100. The number of aryl methyl sites for hydroxylation is 2. The van der Waals surface area contributed by atoms with Crippen LogP contribution in [0.4, 0.5) is 0 Å². The van der Waals surface area contributed by atoms with Gasteiger partial charge in [-0.15, -0.1) is 0 Å². The summed E-state index contributed by atoms with van der Waals surface area (Å²) in [5.41, 5.74) is 3.96. The van der Waals surface area contributed by atoms with E-state index in [1.165, 1.54) is 0 Å². The van der Waals surface area contributed by atoms with Gasteiger partial charge in [0.2, 0.25) is 0 Å². The number of aromatic nitrogens is 1. The molecule has 0 aliphatic heterocycles. The molecule has 0 saturated heterocycles. The fourth-order valence-corrected chi connectivity index (χ4v) is 1.77. The molecule has 76 valence electrons. The normalized spacial score (nSPS) is 10.6. The molecule has 0 spiro atoms. The lowest BCUT2D eigenvalue weighted by Crippen LogP contribution is -1.95. The van der Waals surface area contributed by atoms with Gasteiger partial charge >= 0.3 is 0 Å². The Balaban J connectivity index is 2.85. The van der Waals surface area contributed by atoms with E-state index in [2.05, 4.69) is 4.98 Å². The molecular formula is C13H13NO. The number of hydrogen-bond acceptors (Lipinski definition) is 2. The molecule has 0 aliphatic carbocycles. The van der Waals surface area contributed by atoms with Crippen molar-refractivity contribution in [3.05, 3.63) is 41.1 Å². The molecule has 1 aromatic carbocycles. The molecule has 0 saturated carbocycles. The lowest BCUT2D eigenvalue weighted by molar-refractivity contribution is 0.101. The summed E-state index contributed by atoms with van der Waals surface area (Å²) in [6.07, 6.45) is 1.80. The average Bonchev–Trinajstić information content (AvgIpc) is 2.19. The maximum atomic E-state index is 11.3. The number of nitrogens with zero attached hydrogens (tertiary/aromatic N) is 1. The summed E-state index contributed by atoms with van der Waals surface area (Å²) in [6.45, 7) is 5.61. The largest absolute Gasteiger partial charge is 0.295 e. The lowest BCUT2D eigenvalue weighted by Gasteiger charge is -2.06. The molecule has 0 unspecified atom stereocenters. The highest BCUT2D eigenvalue weighted by Crippen LogP contribution is 2.21. The summed E-state index contributed by atoms with van der Waals surface area (Å²) in [6, 6.07) is 5.79. The third-order valence-corrected chi connectivity index (χ3v) is 2.66. The maximum absolute atomic E-state index is 11.3. The van der Waals surface area contributed by atoms with Crippen molar-refractivity contribution in [3.63, 3.8) is 0 Å². The van der Waals surface area contributed by atoms with E-state index in [0.717, 1.165) is 27.6 Å². The SMILES string of the molecule is CC(=O)c1cc(C)c2nccc(C)c2c1. The highest BCUT2D eigenvalue weighted by molar-refractivity contribution is 5.99. The zero-order valence-electron chi connectivity index (χ0n) is 9.16. The van der Waals surface area contributed by atoms with Crippen molar-refractivity contribution in [1.82, 2.24) is 4.98 Å². The van der Waals surface area contributed by atoms with E-state index in [1.807, 2.05) is 32.0 Å². The van der Waals surface area contributed by atoms with E-state index in [0.29, 0.717) is 0 Å². The molecule has 1 aromatic heterocycles. The molecule has 0 amide bonds. The van der Waals surface area contributed by atoms with Crippen molar-refractivity contribution < 1.29 is 4.79 Å². The number of hydrogen-bond donors (Lipinski definition) is 0. The van der Waals surface area contributed by atoms with E-state index < -0.39 is 0 Å². The van der Waals surface area contributed by atoms with Gasteiger partial charge in [-0.05, 0) is 50.1 Å². The minimum absolute atomic E-state index is 0.100. The number of pyridine rings is 1. The molecule has 0 fully saturated rings. The number of ketones is 1. The molecule has 0 radical (unpaired) electrons. The van der Waals surface area contributed by atoms with Crippen LogP contribution >= 0.6 is 0 Å². The molecule has 0 atom stereocenters. The molecule has 1 heterocycles. The van der Waals surface area contributed by atoms with Gasteiger partial charge in [0, 0.05) is 17.1 Å². The Bertz CT molecular complexity index is 543. The zero-order chi connectivity index (χ0) is 11.0. The first kappa shape index (κ1) is 9.84. The molecule has 0 N–H and O–H groups in total. The first-order chi connectivity index (χ1) is 7.09. The predicted molar refractivity (Wildman–Crippen MR) is 61.2 cm³/mol. The van der Waals surface area contributed by atoms with Gasteiger partial charge in [0.1, 0.15) is 0 Å². The number of carbonyl (C=O) groups is 1. The molecule has 2 heteroatoms. The van der Waals surface area contributed by atoms with Crippen LogP contribution in [0.25, 0.3) is 10.9 Å². The Hall–Kier alpha value is -1.70. The molecular weight excluding hydrogens is 186 g/mol.